The molecule has 1 fully saturated rings. The van der Waals surface area contributed by atoms with E-state index in [1.54, 1.807) is 0 Å². The maximum Gasteiger partial charge on any atom is 0.161 e. The Bertz CT molecular complexity index is 27.2. The zero-order valence-electron chi connectivity index (χ0n) is 4.52. The second-order valence-corrected chi connectivity index (χ2v) is 3.20. The molecule has 0 bridgehead atoms. The van der Waals surface area contributed by atoms with Gasteiger partial charge in [0.1, 0.15) is 0 Å². The first-order chi connectivity index (χ1) is 3.00. The standard InChI is InChI=1S/C4H10OSi.B/c1-2-4-6-5-3-1;/h1-4,6H2;. The molecule has 0 aromatic rings. The zero-order valence-corrected chi connectivity index (χ0v) is 5.94. The second kappa shape index (κ2) is 4.40. The average Bonchev–Trinajstić information content (AvgIpc) is 1.72. The lowest BCUT2D eigenvalue weighted by atomic mass is 10.4. The van der Waals surface area contributed by atoms with Crippen molar-refractivity contribution in [2.45, 2.75) is 18.9 Å². The van der Waals surface area contributed by atoms with Crippen LogP contribution in [0, 0.1) is 0 Å². The number of rotatable bonds is 0. The monoisotopic (exact) mass is 113 g/mol. The van der Waals surface area contributed by atoms with Crippen molar-refractivity contribution in [1.82, 2.24) is 0 Å². The quantitative estimate of drug-likeness (QED) is 0.399. The minimum Gasteiger partial charge on any atom is -0.424 e. The van der Waals surface area contributed by atoms with E-state index in [1.165, 1.54) is 18.9 Å². The van der Waals surface area contributed by atoms with E-state index in [9.17, 15) is 0 Å². The average molecular weight is 113 g/mol. The van der Waals surface area contributed by atoms with E-state index in [2.05, 4.69) is 0 Å². The van der Waals surface area contributed by atoms with Crippen LogP contribution in [0.2, 0.25) is 6.04 Å². The van der Waals surface area contributed by atoms with Crippen LogP contribution in [-0.2, 0) is 4.43 Å². The topological polar surface area (TPSA) is 9.23 Å². The molecular weight excluding hydrogens is 103 g/mol. The largest absolute Gasteiger partial charge is 0.424 e. The van der Waals surface area contributed by atoms with Gasteiger partial charge in [0.2, 0.25) is 0 Å². The van der Waals surface area contributed by atoms with Crippen LogP contribution in [0.4, 0.5) is 0 Å². The van der Waals surface area contributed by atoms with Crippen LogP contribution >= 0.6 is 0 Å². The molecule has 39 valence electrons. The highest BCUT2D eigenvalue weighted by molar-refractivity contribution is 6.27. The molecule has 1 heterocycles. The molecule has 1 saturated heterocycles. The van der Waals surface area contributed by atoms with Crippen molar-refractivity contribution >= 4 is 18.2 Å². The van der Waals surface area contributed by atoms with Gasteiger partial charge in [0.05, 0.1) is 0 Å². The Morgan fingerprint density at radius 1 is 1.29 bits per heavy atom. The molecule has 1 nitrogen and oxygen atoms in total. The Labute approximate surface area is 49.0 Å². The molecule has 1 rings (SSSR count). The molecule has 1 aliphatic heterocycles. The predicted octanol–water partition coefficient (Wildman–Crippen LogP) is -0.0819. The summed E-state index contributed by atoms with van der Waals surface area (Å²) in [4.78, 5) is 0. The highest BCUT2D eigenvalue weighted by atomic mass is 28.2. The fraction of sp³-hybridized carbons (Fsp3) is 1.00. The van der Waals surface area contributed by atoms with Gasteiger partial charge in [-0.15, -0.1) is 0 Å². The van der Waals surface area contributed by atoms with Crippen LogP contribution in [0.3, 0.4) is 0 Å². The van der Waals surface area contributed by atoms with Crippen molar-refractivity contribution in [3.8, 4) is 0 Å². The van der Waals surface area contributed by atoms with Crippen molar-refractivity contribution < 1.29 is 4.43 Å². The summed E-state index contributed by atoms with van der Waals surface area (Å²) < 4.78 is 5.21. The molecule has 0 amide bonds. The summed E-state index contributed by atoms with van der Waals surface area (Å²) in [6, 6.07) is 1.42. The highest BCUT2D eigenvalue weighted by Gasteiger charge is 1.96. The van der Waals surface area contributed by atoms with Crippen LogP contribution in [0.5, 0.6) is 0 Å². The SMILES string of the molecule is C1CC[SiH2]OC1.[B]. The number of hydrogen-bond donors (Lipinski definition) is 0. The summed E-state index contributed by atoms with van der Waals surface area (Å²) in [6.07, 6.45) is 2.75. The Balaban J connectivity index is 0.000000360. The summed E-state index contributed by atoms with van der Waals surface area (Å²) >= 11 is 0. The van der Waals surface area contributed by atoms with Gasteiger partial charge in [-0.2, -0.15) is 0 Å². The van der Waals surface area contributed by atoms with E-state index < -0.39 is 0 Å². The molecule has 0 N–H and O–H groups in total. The Morgan fingerprint density at radius 2 is 2.14 bits per heavy atom. The van der Waals surface area contributed by atoms with Crippen LogP contribution in [-0.4, -0.2) is 24.8 Å². The van der Waals surface area contributed by atoms with Crippen LogP contribution < -0.4 is 0 Å². The summed E-state index contributed by atoms with van der Waals surface area (Å²) in [5.41, 5.74) is 0. The van der Waals surface area contributed by atoms with Crippen molar-refractivity contribution in [2.24, 2.45) is 0 Å². The molecule has 3 radical (unpaired) electrons. The second-order valence-electron chi connectivity index (χ2n) is 1.67. The van der Waals surface area contributed by atoms with Crippen LogP contribution in [0.15, 0.2) is 0 Å². The first-order valence-electron chi connectivity index (χ1n) is 2.58. The van der Waals surface area contributed by atoms with Gasteiger partial charge < -0.3 is 4.43 Å². The van der Waals surface area contributed by atoms with Gasteiger partial charge in [0.25, 0.3) is 0 Å². The molecule has 1 aliphatic rings. The lowest BCUT2D eigenvalue weighted by Crippen LogP contribution is -2.06. The molecule has 0 aromatic heterocycles. The third kappa shape index (κ3) is 2.88. The smallest absolute Gasteiger partial charge is 0.161 e. The van der Waals surface area contributed by atoms with Crippen molar-refractivity contribution in [3.63, 3.8) is 0 Å². The molecule has 0 saturated carbocycles. The van der Waals surface area contributed by atoms with E-state index in [-0.39, 0.29) is 18.2 Å². The minimum atomic E-state index is 0. The molecule has 7 heavy (non-hydrogen) atoms. The van der Waals surface area contributed by atoms with Crippen molar-refractivity contribution in [1.29, 1.82) is 0 Å². The molecule has 0 aromatic carbocycles. The summed E-state index contributed by atoms with van der Waals surface area (Å²) in [5, 5.41) is 0. The van der Waals surface area contributed by atoms with Gasteiger partial charge in [-0.3, -0.25) is 0 Å². The Morgan fingerprint density at radius 3 is 2.29 bits per heavy atom. The van der Waals surface area contributed by atoms with Gasteiger partial charge in [0.15, 0.2) is 9.76 Å². The van der Waals surface area contributed by atoms with E-state index in [1.807, 2.05) is 0 Å². The molecule has 0 spiro atoms. The van der Waals surface area contributed by atoms with Crippen LogP contribution in [0.25, 0.3) is 0 Å². The summed E-state index contributed by atoms with van der Waals surface area (Å²) in [5.74, 6) is 0. The normalized spacial score (nSPS) is 24.0. The van der Waals surface area contributed by atoms with Gasteiger partial charge >= 0.3 is 0 Å². The zero-order chi connectivity index (χ0) is 4.24. The van der Waals surface area contributed by atoms with E-state index in [0.717, 1.165) is 6.61 Å². The molecular formula is C4H10BOSi. The molecule has 3 heteroatoms. The minimum absolute atomic E-state index is 0. The fourth-order valence-electron chi connectivity index (χ4n) is 0.687. The maximum atomic E-state index is 5.21. The van der Waals surface area contributed by atoms with Gasteiger partial charge in [-0.1, -0.05) is 6.42 Å². The van der Waals surface area contributed by atoms with E-state index >= 15 is 0 Å². The van der Waals surface area contributed by atoms with E-state index in [4.69, 9.17) is 4.43 Å². The Hall–Kier alpha value is 0.242. The lowest BCUT2D eigenvalue weighted by Gasteiger charge is -2.07. The first kappa shape index (κ1) is 7.24. The van der Waals surface area contributed by atoms with Gasteiger partial charge in [-0.05, 0) is 12.5 Å². The van der Waals surface area contributed by atoms with Gasteiger partial charge in [0, 0.05) is 15.0 Å². The molecule has 0 aliphatic carbocycles. The Kier molecular flexibility index (Phi) is 4.55. The predicted molar refractivity (Wildman–Crippen MR) is 34.3 cm³/mol. The third-order valence-electron chi connectivity index (χ3n) is 1.08. The summed E-state index contributed by atoms with van der Waals surface area (Å²) in [7, 11) is 0.00849. The highest BCUT2D eigenvalue weighted by Crippen LogP contribution is 2.01. The number of hydrogen-bond acceptors (Lipinski definition) is 1. The van der Waals surface area contributed by atoms with Gasteiger partial charge in [-0.25, -0.2) is 0 Å². The molecule has 0 atom stereocenters. The summed E-state index contributed by atoms with van der Waals surface area (Å²) in [6.45, 7) is 1.06. The maximum absolute atomic E-state index is 5.21. The lowest BCUT2D eigenvalue weighted by molar-refractivity contribution is 0.304. The fourth-order valence-corrected chi connectivity index (χ4v) is 1.86. The van der Waals surface area contributed by atoms with E-state index in [0.29, 0.717) is 0 Å². The molecule has 0 unspecified atom stereocenters. The third-order valence-corrected chi connectivity index (χ3v) is 2.44. The van der Waals surface area contributed by atoms with Crippen LogP contribution in [0.1, 0.15) is 12.8 Å². The first-order valence-corrected chi connectivity index (χ1v) is 4.15. The van der Waals surface area contributed by atoms with Crippen molar-refractivity contribution in [3.05, 3.63) is 0 Å². The van der Waals surface area contributed by atoms with Crippen molar-refractivity contribution in [2.75, 3.05) is 6.61 Å².